The van der Waals surface area contributed by atoms with Gasteiger partial charge in [-0.05, 0) is 0 Å². The first kappa shape index (κ1) is 34.8. The summed E-state index contributed by atoms with van der Waals surface area (Å²) in [6.45, 7) is 0. The molecule has 0 aliphatic carbocycles. The van der Waals surface area contributed by atoms with E-state index in [0.717, 1.165) is 0 Å². The summed E-state index contributed by atoms with van der Waals surface area (Å²) in [7, 11) is 0. The van der Waals surface area contributed by atoms with E-state index in [1.54, 1.807) is 0 Å². The molecule has 0 aliphatic heterocycles. The molecule has 0 aromatic rings. The Labute approximate surface area is 70.8 Å². The van der Waals surface area contributed by atoms with E-state index in [9.17, 15) is 0 Å². The van der Waals surface area contributed by atoms with Crippen molar-refractivity contribution < 1.29 is 34.1 Å². The van der Waals surface area contributed by atoms with Crippen LogP contribution in [0.3, 0.4) is 0 Å². The van der Waals surface area contributed by atoms with E-state index in [4.69, 9.17) is 0 Å². The Bertz CT molecular complexity index is 8.00. The normalized spacial score (nSPS) is 0. The molecule has 0 rings (SSSR count). The Kier molecular flexibility index (Phi) is 165. The minimum atomic E-state index is 0. The van der Waals surface area contributed by atoms with Crippen LogP contribution in [0.5, 0.6) is 0 Å². The summed E-state index contributed by atoms with van der Waals surface area (Å²) in [5, 5.41) is 0. The number of hydrogen-bond donors (Lipinski definition) is 0. The molecule has 0 atom stereocenters. The van der Waals surface area contributed by atoms with Gasteiger partial charge in [0, 0.05) is 34.1 Å². The molecule has 33 valence electrons. The molecular weight excluding hydrogens is 270 g/mol. The van der Waals surface area contributed by atoms with Gasteiger partial charge in [0.2, 0.25) is 0 Å². The molecule has 0 fully saturated rings. The summed E-state index contributed by atoms with van der Waals surface area (Å²) < 4.78 is 0. The van der Waals surface area contributed by atoms with Gasteiger partial charge in [0.15, 0.2) is 0 Å². The Morgan fingerprint density at radius 3 is 1.00 bits per heavy atom. The molecule has 0 saturated heterocycles. The van der Waals surface area contributed by atoms with E-state index in [0.29, 0.717) is 0 Å². The van der Waals surface area contributed by atoms with Crippen LogP contribution in [-0.4, -0.2) is 23.9 Å². The zero-order valence-corrected chi connectivity index (χ0v) is 8.94. The van der Waals surface area contributed by atoms with Crippen molar-refractivity contribution in [1.29, 1.82) is 0 Å². The van der Waals surface area contributed by atoms with Gasteiger partial charge < -0.3 is 0 Å². The van der Waals surface area contributed by atoms with Crippen LogP contribution in [0.15, 0.2) is 0 Å². The van der Waals surface area contributed by atoms with Crippen LogP contribution >= 0.6 is 13.5 Å². The number of hydrogen-bond acceptors (Lipinski definition) is 0. The fraction of sp³-hybridized carbons (Fsp3) is 0. The molecule has 0 bridgehead atoms. The van der Waals surface area contributed by atoms with Gasteiger partial charge in [-0.25, -0.2) is 0 Å². The van der Waals surface area contributed by atoms with Crippen molar-refractivity contribution in [3.63, 3.8) is 0 Å². The molecule has 0 spiro atoms. The molecule has 0 saturated carbocycles. The standard InChI is InChI=1S/Cu.Fe.H2S.Sn.2H/h;;1H2;;;. The molecule has 0 aromatic heterocycles. The van der Waals surface area contributed by atoms with E-state index in [2.05, 4.69) is 0 Å². The van der Waals surface area contributed by atoms with Gasteiger partial charge in [0.1, 0.15) is 0 Å². The van der Waals surface area contributed by atoms with Crippen molar-refractivity contribution in [2.45, 2.75) is 0 Å². The Morgan fingerprint density at radius 1 is 1.00 bits per heavy atom. The molecular formula is H4CuFeSSn. The Morgan fingerprint density at radius 2 is 1.00 bits per heavy atom. The summed E-state index contributed by atoms with van der Waals surface area (Å²) in [6.07, 6.45) is 0. The van der Waals surface area contributed by atoms with Gasteiger partial charge in [-0.15, -0.1) is 0 Å². The predicted octanol–water partition coefficient (Wildman–Crippen LogP) is -0.808. The van der Waals surface area contributed by atoms with Crippen molar-refractivity contribution in [2.75, 3.05) is 0 Å². The summed E-state index contributed by atoms with van der Waals surface area (Å²) in [6, 6.07) is 0. The zero-order chi connectivity index (χ0) is 0. The number of rotatable bonds is 0. The van der Waals surface area contributed by atoms with Crippen LogP contribution in [-0.2, 0) is 34.1 Å². The molecule has 4 heavy (non-hydrogen) atoms. The van der Waals surface area contributed by atoms with Crippen LogP contribution in [0.4, 0.5) is 0 Å². The molecule has 0 aliphatic rings. The van der Waals surface area contributed by atoms with Gasteiger partial charge >= 0.3 is 23.9 Å². The maximum absolute atomic E-state index is 0. The third-order valence-corrected chi connectivity index (χ3v) is 0. The predicted molar refractivity (Wildman–Crippen MR) is 18.9 cm³/mol. The summed E-state index contributed by atoms with van der Waals surface area (Å²) >= 11 is 0. The zero-order valence-electron chi connectivity index (χ0n) is 1.86. The van der Waals surface area contributed by atoms with Gasteiger partial charge in [-0.2, -0.15) is 13.5 Å². The van der Waals surface area contributed by atoms with Crippen molar-refractivity contribution in [3.8, 4) is 0 Å². The monoisotopic (exact) mass is 275 g/mol. The SMILES string of the molecule is S.[Cu].[Fe].[SnH2]. The summed E-state index contributed by atoms with van der Waals surface area (Å²) in [5.74, 6) is 0. The Balaban J connectivity index is 0. The van der Waals surface area contributed by atoms with Crippen LogP contribution in [0, 0.1) is 0 Å². The quantitative estimate of drug-likeness (QED) is 0.507. The minimum absolute atomic E-state index is 0. The Hall–Kier alpha value is 2.19. The first-order chi connectivity index (χ1) is 0. The van der Waals surface area contributed by atoms with Crippen LogP contribution in [0.25, 0.3) is 0 Å². The molecule has 0 unspecified atom stereocenters. The van der Waals surface area contributed by atoms with Gasteiger partial charge in [0.05, 0.1) is 0 Å². The second-order valence-electron chi connectivity index (χ2n) is 0. The fourth-order valence-electron chi connectivity index (χ4n) is 0. The van der Waals surface area contributed by atoms with Crippen LogP contribution in [0.2, 0.25) is 0 Å². The molecule has 0 heterocycles. The third-order valence-electron chi connectivity index (χ3n) is 0. The molecule has 0 nitrogen and oxygen atoms in total. The molecule has 3 radical (unpaired) electrons. The van der Waals surface area contributed by atoms with Crippen molar-refractivity contribution in [3.05, 3.63) is 0 Å². The second-order valence-corrected chi connectivity index (χ2v) is 0. The van der Waals surface area contributed by atoms with E-state index < -0.39 is 0 Å². The average Bonchev–Trinajstić information content (AvgIpc) is 0. The maximum atomic E-state index is 0. The topological polar surface area (TPSA) is 0 Å². The average molecular weight is 274 g/mol. The second kappa shape index (κ2) is 19.0. The first-order valence-electron chi connectivity index (χ1n) is 0. The van der Waals surface area contributed by atoms with Gasteiger partial charge in [-0.3, -0.25) is 0 Å². The summed E-state index contributed by atoms with van der Waals surface area (Å²) in [5.41, 5.74) is 0. The van der Waals surface area contributed by atoms with Crippen molar-refractivity contribution in [1.82, 2.24) is 0 Å². The molecule has 0 N–H and O–H groups in total. The van der Waals surface area contributed by atoms with E-state index in [1.807, 2.05) is 0 Å². The molecule has 4 heteroatoms. The van der Waals surface area contributed by atoms with Crippen LogP contribution in [0.1, 0.15) is 0 Å². The van der Waals surface area contributed by atoms with E-state index >= 15 is 0 Å². The summed E-state index contributed by atoms with van der Waals surface area (Å²) in [4.78, 5) is 0. The molecule has 0 aromatic carbocycles. The molecule has 0 amide bonds. The van der Waals surface area contributed by atoms with Crippen LogP contribution < -0.4 is 0 Å². The van der Waals surface area contributed by atoms with Gasteiger partial charge in [-0.1, -0.05) is 0 Å². The fourth-order valence-corrected chi connectivity index (χ4v) is 0. The van der Waals surface area contributed by atoms with Crippen molar-refractivity contribution in [2.24, 2.45) is 0 Å². The third kappa shape index (κ3) is 8.89. The van der Waals surface area contributed by atoms with Gasteiger partial charge in [0.25, 0.3) is 0 Å². The first-order valence-corrected chi connectivity index (χ1v) is 0. The van der Waals surface area contributed by atoms with Crippen molar-refractivity contribution >= 4 is 37.4 Å². The van der Waals surface area contributed by atoms with E-state index in [-0.39, 0.29) is 71.5 Å². The van der Waals surface area contributed by atoms with E-state index in [1.165, 1.54) is 0 Å².